The zero-order valence-electron chi connectivity index (χ0n) is 7.40. The van der Waals surface area contributed by atoms with Gasteiger partial charge in [-0.15, -0.1) is 0 Å². The van der Waals surface area contributed by atoms with Gasteiger partial charge >= 0.3 is 0 Å². The Balaban J connectivity index is 1.98. The number of likely N-dealkylation sites (tertiary alicyclic amines) is 1. The normalized spacial score (nSPS) is 31.4. The standard InChI is InChI=1S/C9H18N2/c1-11-7-4-9(8-11)2-5-10-6-3-9/h10H,2-8H2,1H3. The van der Waals surface area contributed by atoms with E-state index in [1.807, 2.05) is 0 Å². The molecule has 11 heavy (non-hydrogen) atoms. The zero-order chi connectivity index (χ0) is 7.73. The second-order valence-electron chi connectivity index (χ2n) is 4.24. The summed E-state index contributed by atoms with van der Waals surface area (Å²) in [5.74, 6) is 0. The van der Waals surface area contributed by atoms with Crippen LogP contribution in [-0.4, -0.2) is 38.1 Å². The summed E-state index contributed by atoms with van der Waals surface area (Å²) >= 11 is 0. The van der Waals surface area contributed by atoms with E-state index in [1.54, 1.807) is 0 Å². The maximum Gasteiger partial charge on any atom is 0.00364 e. The highest BCUT2D eigenvalue weighted by Crippen LogP contribution is 2.37. The highest BCUT2D eigenvalue weighted by atomic mass is 15.1. The van der Waals surface area contributed by atoms with E-state index in [2.05, 4.69) is 17.3 Å². The minimum absolute atomic E-state index is 0.708. The van der Waals surface area contributed by atoms with Crippen molar-refractivity contribution in [1.82, 2.24) is 10.2 Å². The minimum Gasteiger partial charge on any atom is -0.317 e. The van der Waals surface area contributed by atoms with Crippen molar-refractivity contribution < 1.29 is 0 Å². The Morgan fingerprint density at radius 1 is 1.18 bits per heavy atom. The number of rotatable bonds is 0. The first-order chi connectivity index (χ1) is 5.31. The Labute approximate surface area is 69.0 Å². The van der Waals surface area contributed by atoms with Gasteiger partial charge in [0, 0.05) is 6.54 Å². The molecule has 2 nitrogen and oxygen atoms in total. The van der Waals surface area contributed by atoms with Crippen molar-refractivity contribution in [3.63, 3.8) is 0 Å². The molecule has 2 saturated heterocycles. The van der Waals surface area contributed by atoms with Crippen molar-refractivity contribution in [2.45, 2.75) is 19.3 Å². The third kappa shape index (κ3) is 1.42. The van der Waals surface area contributed by atoms with Crippen LogP contribution in [0, 0.1) is 5.41 Å². The molecule has 0 aromatic carbocycles. The fourth-order valence-electron chi connectivity index (χ4n) is 2.52. The van der Waals surface area contributed by atoms with Gasteiger partial charge in [0.05, 0.1) is 0 Å². The van der Waals surface area contributed by atoms with Gasteiger partial charge in [0.15, 0.2) is 0 Å². The van der Waals surface area contributed by atoms with Crippen LogP contribution in [0.3, 0.4) is 0 Å². The number of hydrogen-bond donors (Lipinski definition) is 1. The van der Waals surface area contributed by atoms with E-state index in [-0.39, 0.29) is 0 Å². The summed E-state index contributed by atoms with van der Waals surface area (Å²) in [4.78, 5) is 2.48. The van der Waals surface area contributed by atoms with E-state index in [0.29, 0.717) is 5.41 Å². The molecule has 0 amide bonds. The van der Waals surface area contributed by atoms with Gasteiger partial charge in [-0.1, -0.05) is 0 Å². The molecule has 0 aliphatic carbocycles. The lowest BCUT2D eigenvalue weighted by molar-refractivity contribution is 0.207. The second-order valence-corrected chi connectivity index (χ2v) is 4.24. The number of hydrogen-bond acceptors (Lipinski definition) is 2. The van der Waals surface area contributed by atoms with E-state index in [1.165, 1.54) is 45.4 Å². The molecular weight excluding hydrogens is 136 g/mol. The average Bonchev–Trinajstić information content (AvgIpc) is 2.34. The van der Waals surface area contributed by atoms with Gasteiger partial charge in [-0.2, -0.15) is 0 Å². The van der Waals surface area contributed by atoms with Crippen LogP contribution in [0.15, 0.2) is 0 Å². The first-order valence-corrected chi connectivity index (χ1v) is 4.70. The van der Waals surface area contributed by atoms with Crippen LogP contribution in [-0.2, 0) is 0 Å². The summed E-state index contributed by atoms with van der Waals surface area (Å²) in [6.07, 6.45) is 4.24. The first-order valence-electron chi connectivity index (χ1n) is 4.70. The lowest BCUT2D eigenvalue weighted by Gasteiger charge is -2.33. The van der Waals surface area contributed by atoms with Crippen LogP contribution in [0.25, 0.3) is 0 Å². The number of nitrogens with zero attached hydrogens (tertiary/aromatic N) is 1. The molecular formula is C9H18N2. The Bertz CT molecular complexity index is 133. The van der Waals surface area contributed by atoms with Gasteiger partial charge in [0.1, 0.15) is 0 Å². The summed E-state index contributed by atoms with van der Waals surface area (Å²) in [7, 11) is 2.25. The topological polar surface area (TPSA) is 15.3 Å². The van der Waals surface area contributed by atoms with Crippen LogP contribution in [0.4, 0.5) is 0 Å². The summed E-state index contributed by atoms with van der Waals surface area (Å²) in [6, 6.07) is 0. The summed E-state index contributed by atoms with van der Waals surface area (Å²) in [5.41, 5.74) is 0.708. The quantitative estimate of drug-likeness (QED) is 0.552. The monoisotopic (exact) mass is 154 g/mol. The molecule has 64 valence electrons. The van der Waals surface area contributed by atoms with Crippen molar-refractivity contribution >= 4 is 0 Å². The molecule has 1 N–H and O–H groups in total. The predicted octanol–water partition coefficient (Wildman–Crippen LogP) is 0.692. The Kier molecular flexibility index (Phi) is 1.90. The van der Waals surface area contributed by atoms with E-state index >= 15 is 0 Å². The number of piperidine rings is 1. The molecule has 2 fully saturated rings. The van der Waals surface area contributed by atoms with E-state index < -0.39 is 0 Å². The molecule has 2 aliphatic heterocycles. The third-order valence-corrected chi connectivity index (χ3v) is 3.29. The lowest BCUT2D eigenvalue weighted by atomic mass is 9.78. The van der Waals surface area contributed by atoms with Crippen molar-refractivity contribution in [3.05, 3.63) is 0 Å². The highest BCUT2D eigenvalue weighted by molar-refractivity contribution is 4.91. The molecule has 0 bridgehead atoms. The maximum absolute atomic E-state index is 3.43. The molecule has 0 atom stereocenters. The maximum atomic E-state index is 3.43. The molecule has 2 heteroatoms. The van der Waals surface area contributed by atoms with Crippen molar-refractivity contribution in [2.24, 2.45) is 5.41 Å². The lowest BCUT2D eigenvalue weighted by Crippen LogP contribution is -2.38. The van der Waals surface area contributed by atoms with Crippen LogP contribution >= 0.6 is 0 Å². The van der Waals surface area contributed by atoms with Gasteiger partial charge in [-0.05, 0) is 51.4 Å². The van der Waals surface area contributed by atoms with Crippen LogP contribution in [0.2, 0.25) is 0 Å². The van der Waals surface area contributed by atoms with Crippen LogP contribution in [0.5, 0.6) is 0 Å². The van der Waals surface area contributed by atoms with Gasteiger partial charge in [-0.3, -0.25) is 0 Å². The molecule has 0 aromatic rings. The Morgan fingerprint density at radius 3 is 2.45 bits per heavy atom. The zero-order valence-corrected chi connectivity index (χ0v) is 7.40. The molecule has 0 radical (unpaired) electrons. The minimum atomic E-state index is 0.708. The SMILES string of the molecule is CN1CCC2(CCNCC2)C1. The van der Waals surface area contributed by atoms with E-state index in [4.69, 9.17) is 0 Å². The van der Waals surface area contributed by atoms with E-state index in [0.717, 1.165) is 0 Å². The Morgan fingerprint density at radius 2 is 1.91 bits per heavy atom. The van der Waals surface area contributed by atoms with Crippen molar-refractivity contribution in [3.8, 4) is 0 Å². The summed E-state index contributed by atoms with van der Waals surface area (Å²) in [6.45, 7) is 5.15. The van der Waals surface area contributed by atoms with E-state index in [9.17, 15) is 0 Å². The second kappa shape index (κ2) is 2.76. The first kappa shape index (κ1) is 7.56. The molecule has 0 aromatic heterocycles. The molecule has 1 spiro atoms. The largest absolute Gasteiger partial charge is 0.317 e. The van der Waals surface area contributed by atoms with Gasteiger partial charge in [-0.25, -0.2) is 0 Å². The third-order valence-electron chi connectivity index (χ3n) is 3.29. The smallest absolute Gasteiger partial charge is 0.00364 e. The van der Waals surface area contributed by atoms with Gasteiger partial charge < -0.3 is 10.2 Å². The van der Waals surface area contributed by atoms with Crippen LogP contribution in [0.1, 0.15) is 19.3 Å². The Hall–Kier alpha value is -0.0800. The molecule has 2 aliphatic rings. The highest BCUT2D eigenvalue weighted by Gasteiger charge is 2.37. The molecule has 0 unspecified atom stereocenters. The van der Waals surface area contributed by atoms with Crippen LogP contribution < -0.4 is 5.32 Å². The van der Waals surface area contributed by atoms with Gasteiger partial charge in [0.25, 0.3) is 0 Å². The van der Waals surface area contributed by atoms with Gasteiger partial charge in [0.2, 0.25) is 0 Å². The fourth-order valence-corrected chi connectivity index (χ4v) is 2.52. The number of nitrogens with one attached hydrogen (secondary N) is 1. The molecule has 0 saturated carbocycles. The van der Waals surface area contributed by atoms with Crippen molar-refractivity contribution in [2.75, 3.05) is 33.2 Å². The fraction of sp³-hybridized carbons (Fsp3) is 1.00. The predicted molar refractivity (Wildman–Crippen MR) is 46.7 cm³/mol. The summed E-state index contributed by atoms with van der Waals surface area (Å²) < 4.78 is 0. The summed E-state index contributed by atoms with van der Waals surface area (Å²) in [5, 5.41) is 3.43. The molecule has 2 heterocycles. The molecule has 2 rings (SSSR count). The van der Waals surface area contributed by atoms with Crippen molar-refractivity contribution in [1.29, 1.82) is 0 Å². The average molecular weight is 154 g/mol.